The Hall–Kier alpha value is -1.26. The lowest BCUT2D eigenvalue weighted by Crippen LogP contribution is -2.35. The molecule has 20 heavy (non-hydrogen) atoms. The molecule has 0 unspecified atom stereocenters. The van der Waals surface area contributed by atoms with E-state index in [-0.39, 0.29) is 24.9 Å². The highest BCUT2D eigenvalue weighted by Crippen LogP contribution is 2.18. The van der Waals surface area contributed by atoms with Crippen LogP contribution in [0.5, 0.6) is 5.75 Å². The topological polar surface area (TPSA) is 41.6 Å². The minimum atomic E-state index is -0.0109. The third-order valence-corrected chi connectivity index (χ3v) is 3.03. The molecule has 0 spiro atoms. The fourth-order valence-electron chi connectivity index (χ4n) is 1.61. The molecule has 0 radical (unpaired) electrons. The molecule has 1 amide bonds. The lowest BCUT2D eigenvalue weighted by Gasteiger charge is -2.17. The van der Waals surface area contributed by atoms with E-state index >= 15 is 0 Å². The van der Waals surface area contributed by atoms with Gasteiger partial charge in [-0.05, 0) is 30.7 Å². The molecule has 0 aromatic heterocycles. The molecule has 0 saturated carbocycles. The van der Waals surface area contributed by atoms with Crippen LogP contribution >= 0.6 is 12.4 Å². The van der Waals surface area contributed by atoms with Crippen molar-refractivity contribution in [3.8, 4) is 5.75 Å². The zero-order valence-electron chi connectivity index (χ0n) is 12.7. The normalized spacial score (nSPS) is 10.1. The van der Waals surface area contributed by atoms with Crippen molar-refractivity contribution in [2.45, 2.75) is 19.8 Å². The minimum Gasteiger partial charge on any atom is -0.484 e. The molecule has 0 atom stereocenters. The number of halogens is 1. The standard InChI is InChI=1S/C15H24N2O2.ClH/c1-12(2)13-5-7-14(8-6-13)19-11-15(18)17(4)10-9-16-3;/h5-8,12,16H,9-11H2,1-4H3;1H. The number of ether oxygens (including phenoxy) is 1. The van der Waals surface area contributed by atoms with Gasteiger partial charge in [-0.3, -0.25) is 4.79 Å². The van der Waals surface area contributed by atoms with E-state index in [1.165, 1.54) is 5.56 Å². The fraction of sp³-hybridized carbons (Fsp3) is 0.533. The second-order valence-corrected chi connectivity index (χ2v) is 4.93. The van der Waals surface area contributed by atoms with Crippen LogP contribution in [0.15, 0.2) is 24.3 Å². The van der Waals surface area contributed by atoms with Crippen molar-refractivity contribution in [2.75, 3.05) is 33.8 Å². The van der Waals surface area contributed by atoms with Crippen molar-refractivity contribution < 1.29 is 9.53 Å². The van der Waals surface area contributed by atoms with Crippen molar-refractivity contribution >= 4 is 18.3 Å². The number of hydrogen-bond donors (Lipinski definition) is 1. The van der Waals surface area contributed by atoms with Gasteiger partial charge in [0.25, 0.3) is 5.91 Å². The number of carbonyl (C=O) groups excluding carboxylic acids is 1. The van der Waals surface area contributed by atoms with Gasteiger partial charge in [0.15, 0.2) is 6.61 Å². The maximum atomic E-state index is 11.8. The van der Waals surface area contributed by atoms with Gasteiger partial charge in [-0.25, -0.2) is 0 Å². The summed E-state index contributed by atoms with van der Waals surface area (Å²) in [7, 11) is 3.65. The molecule has 114 valence electrons. The average molecular weight is 301 g/mol. The molecular weight excluding hydrogens is 276 g/mol. The Morgan fingerprint density at radius 1 is 1.30 bits per heavy atom. The van der Waals surface area contributed by atoms with E-state index in [1.54, 1.807) is 11.9 Å². The van der Waals surface area contributed by atoms with Crippen LogP contribution in [-0.2, 0) is 4.79 Å². The second kappa shape index (κ2) is 9.61. The molecular formula is C15H25ClN2O2. The van der Waals surface area contributed by atoms with Crippen LogP contribution in [0.3, 0.4) is 0 Å². The number of carbonyl (C=O) groups is 1. The lowest BCUT2D eigenvalue weighted by atomic mass is 10.0. The summed E-state index contributed by atoms with van der Waals surface area (Å²) in [5.41, 5.74) is 1.27. The SMILES string of the molecule is CNCCN(C)C(=O)COc1ccc(C(C)C)cc1.Cl. The largest absolute Gasteiger partial charge is 0.484 e. The van der Waals surface area contributed by atoms with Crippen molar-refractivity contribution in [1.82, 2.24) is 10.2 Å². The predicted octanol–water partition coefficient (Wildman–Crippen LogP) is 2.29. The highest BCUT2D eigenvalue weighted by Gasteiger charge is 2.08. The average Bonchev–Trinajstić information content (AvgIpc) is 2.42. The number of hydrogen-bond acceptors (Lipinski definition) is 3. The number of nitrogens with one attached hydrogen (secondary N) is 1. The minimum absolute atomic E-state index is 0. The monoisotopic (exact) mass is 300 g/mol. The van der Waals surface area contributed by atoms with Crippen LogP contribution in [-0.4, -0.2) is 44.6 Å². The Kier molecular flexibility index (Phi) is 9.01. The number of rotatable bonds is 7. The number of nitrogens with zero attached hydrogens (tertiary/aromatic N) is 1. The third-order valence-electron chi connectivity index (χ3n) is 3.03. The van der Waals surface area contributed by atoms with Crippen molar-refractivity contribution in [3.63, 3.8) is 0 Å². The molecule has 0 aliphatic rings. The van der Waals surface area contributed by atoms with E-state index in [1.807, 2.05) is 31.3 Å². The Morgan fingerprint density at radius 3 is 2.40 bits per heavy atom. The molecule has 0 bridgehead atoms. The van der Waals surface area contributed by atoms with Crippen LogP contribution in [0, 0.1) is 0 Å². The highest BCUT2D eigenvalue weighted by atomic mass is 35.5. The maximum Gasteiger partial charge on any atom is 0.260 e. The molecule has 1 N–H and O–H groups in total. The van der Waals surface area contributed by atoms with Crippen LogP contribution in [0.4, 0.5) is 0 Å². The Balaban J connectivity index is 0.00000361. The van der Waals surface area contributed by atoms with Gasteiger partial charge in [-0.1, -0.05) is 26.0 Å². The quantitative estimate of drug-likeness (QED) is 0.840. The van der Waals surface area contributed by atoms with Crippen molar-refractivity contribution in [2.24, 2.45) is 0 Å². The summed E-state index contributed by atoms with van der Waals surface area (Å²) in [4.78, 5) is 13.4. The highest BCUT2D eigenvalue weighted by molar-refractivity contribution is 5.85. The van der Waals surface area contributed by atoms with E-state index in [2.05, 4.69) is 19.2 Å². The summed E-state index contributed by atoms with van der Waals surface area (Å²) in [6.45, 7) is 5.85. The third kappa shape index (κ3) is 6.26. The van der Waals surface area contributed by atoms with Gasteiger partial charge in [0.2, 0.25) is 0 Å². The molecule has 0 fully saturated rings. The molecule has 0 aliphatic carbocycles. The number of likely N-dealkylation sites (N-methyl/N-ethyl adjacent to an activating group) is 2. The predicted molar refractivity (Wildman–Crippen MR) is 84.8 cm³/mol. The number of benzene rings is 1. The van der Waals surface area contributed by atoms with E-state index in [0.717, 1.165) is 12.3 Å². The van der Waals surface area contributed by atoms with E-state index in [4.69, 9.17) is 4.74 Å². The van der Waals surface area contributed by atoms with Gasteiger partial charge < -0.3 is 15.0 Å². The maximum absolute atomic E-state index is 11.8. The van der Waals surface area contributed by atoms with Crippen molar-refractivity contribution in [1.29, 1.82) is 0 Å². The van der Waals surface area contributed by atoms with E-state index in [9.17, 15) is 4.79 Å². The number of amides is 1. The van der Waals surface area contributed by atoms with Crippen LogP contribution in [0.25, 0.3) is 0 Å². The fourth-order valence-corrected chi connectivity index (χ4v) is 1.61. The van der Waals surface area contributed by atoms with Gasteiger partial charge in [0.05, 0.1) is 0 Å². The summed E-state index contributed by atoms with van der Waals surface area (Å²) < 4.78 is 5.49. The van der Waals surface area contributed by atoms with E-state index < -0.39 is 0 Å². The van der Waals surface area contributed by atoms with Crippen LogP contribution < -0.4 is 10.1 Å². The summed E-state index contributed by atoms with van der Waals surface area (Å²) >= 11 is 0. The Labute approximate surface area is 127 Å². The first-order chi connectivity index (χ1) is 9.04. The van der Waals surface area contributed by atoms with Crippen LogP contribution in [0.2, 0.25) is 0 Å². The van der Waals surface area contributed by atoms with Gasteiger partial charge in [-0.2, -0.15) is 0 Å². The molecule has 1 aromatic carbocycles. The first-order valence-corrected chi connectivity index (χ1v) is 6.66. The first-order valence-electron chi connectivity index (χ1n) is 6.66. The lowest BCUT2D eigenvalue weighted by molar-refractivity contribution is -0.131. The molecule has 4 nitrogen and oxygen atoms in total. The Bertz CT molecular complexity index is 393. The molecule has 1 rings (SSSR count). The summed E-state index contributed by atoms with van der Waals surface area (Å²) in [5, 5.41) is 3.01. The second-order valence-electron chi connectivity index (χ2n) is 4.93. The zero-order valence-corrected chi connectivity index (χ0v) is 13.5. The summed E-state index contributed by atoms with van der Waals surface area (Å²) in [5.74, 6) is 1.23. The summed E-state index contributed by atoms with van der Waals surface area (Å²) in [6.07, 6.45) is 0. The molecule has 0 saturated heterocycles. The van der Waals surface area contributed by atoms with Gasteiger partial charge in [0.1, 0.15) is 5.75 Å². The van der Waals surface area contributed by atoms with Gasteiger partial charge in [0, 0.05) is 20.1 Å². The summed E-state index contributed by atoms with van der Waals surface area (Å²) in [6, 6.07) is 7.90. The zero-order chi connectivity index (χ0) is 14.3. The van der Waals surface area contributed by atoms with E-state index in [0.29, 0.717) is 12.5 Å². The smallest absolute Gasteiger partial charge is 0.260 e. The molecule has 1 aromatic rings. The molecule has 5 heteroatoms. The van der Waals surface area contributed by atoms with Crippen molar-refractivity contribution in [3.05, 3.63) is 29.8 Å². The molecule has 0 heterocycles. The van der Waals surface area contributed by atoms with Crippen LogP contribution in [0.1, 0.15) is 25.3 Å². The molecule has 0 aliphatic heterocycles. The van der Waals surface area contributed by atoms with Gasteiger partial charge in [-0.15, -0.1) is 12.4 Å². The van der Waals surface area contributed by atoms with Gasteiger partial charge >= 0.3 is 0 Å². The Morgan fingerprint density at radius 2 is 1.90 bits per heavy atom. The first kappa shape index (κ1) is 18.7.